The molecule has 4 heteroatoms. The highest BCUT2D eigenvalue weighted by atomic mass is 16.2. The standard InChI is InChI=1S/C10H13N3O/c1-2-7-11-13-9-6-4-3-5-8(9)12-10(13)14/h3-6,11H,2,7H2,1H3,(H,12,14). The van der Waals surface area contributed by atoms with Crippen molar-refractivity contribution < 1.29 is 0 Å². The van der Waals surface area contributed by atoms with Gasteiger partial charge in [0.15, 0.2) is 0 Å². The van der Waals surface area contributed by atoms with Gasteiger partial charge in [0.05, 0.1) is 11.0 Å². The number of hydrogen-bond acceptors (Lipinski definition) is 2. The first-order chi connectivity index (χ1) is 6.83. The fraction of sp³-hybridized carbons (Fsp3) is 0.300. The molecule has 1 aromatic carbocycles. The van der Waals surface area contributed by atoms with E-state index in [4.69, 9.17) is 0 Å². The van der Waals surface area contributed by atoms with Crippen molar-refractivity contribution in [1.29, 1.82) is 0 Å². The molecule has 1 heterocycles. The van der Waals surface area contributed by atoms with E-state index in [-0.39, 0.29) is 5.69 Å². The minimum absolute atomic E-state index is 0.111. The third-order valence-corrected chi connectivity index (χ3v) is 2.11. The molecule has 0 spiro atoms. The zero-order valence-electron chi connectivity index (χ0n) is 8.08. The molecule has 0 saturated carbocycles. The first-order valence-corrected chi connectivity index (χ1v) is 4.76. The highest BCUT2D eigenvalue weighted by Gasteiger charge is 2.03. The fourth-order valence-electron chi connectivity index (χ4n) is 1.44. The molecule has 0 saturated heterocycles. The van der Waals surface area contributed by atoms with Gasteiger partial charge in [0, 0.05) is 6.54 Å². The Morgan fingerprint density at radius 1 is 1.43 bits per heavy atom. The van der Waals surface area contributed by atoms with Crippen molar-refractivity contribution in [2.45, 2.75) is 13.3 Å². The minimum atomic E-state index is -0.111. The summed E-state index contributed by atoms with van der Waals surface area (Å²) in [5.74, 6) is 0. The van der Waals surface area contributed by atoms with E-state index < -0.39 is 0 Å². The number of imidazole rings is 1. The smallest absolute Gasteiger partial charge is 0.321 e. The average molecular weight is 191 g/mol. The van der Waals surface area contributed by atoms with E-state index >= 15 is 0 Å². The van der Waals surface area contributed by atoms with E-state index in [2.05, 4.69) is 17.3 Å². The highest BCUT2D eigenvalue weighted by molar-refractivity contribution is 5.75. The van der Waals surface area contributed by atoms with Crippen LogP contribution in [0.1, 0.15) is 13.3 Å². The van der Waals surface area contributed by atoms with Gasteiger partial charge in [-0.3, -0.25) is 0 Å². The van der Waals surface area contributed by atoms with Crippen LogP contribution in [0.5, 0.6) is 0 Å². The van der Waals surface area contributed by atoms with Crippen molar-refractivity contribution in [2.75, 3.05) is 12.0 Å². The van der Waals surface area contributed by atoms with Gasteiger partial charge in [-0.05, 0) is 18.6 Å². The summed E-state index contributed by atoms with van der Waals surface area (Å²) in [6.07, 6.45) is 0.992. The Morgan fingerprint density at radius 3 is 3.00 bits per heavy atom. The van der Waals surface area contributed by atoms with Crippen LogP contribution in [0.25, 0.3) is 11.0 Å². The van der Waals surface area contributed by atoms with Crippen LogP contribution < -0.4 is 11.1 Å². The van der Waals surface area contributed by atoms with Crippen LogP contribution in [0.3, 0.4) is 0 Å². The molecule has 0 amide bonds. The quantitative estimate of drug-likeness (QED) is 0.767. The van der Waals surface area contributed by atoms with Crippen molar-refractivity contribution in [1.82, 2.24) is 9.66 Å². The Labute approximate surface area is 81.5 Å². The normalized spacial score (nSPS) is 10.6. The molecule has 0 aliphatic carbocycles. The predicted octanol–water partition coefficient (Wildman–Crippen LogP) is 1.28. The first kappa shape index (κ1) is 8.87. The average Bonchev–Trinajstić information content (AvgIpc) is 2.51. The van der Waals surface area contributed by atoms with Crippen LogP contribution in [-0.2, 0) is 0 Å². The molecule has 0 fully saturated rings. The van der Waals surface area contributed by atoms with Gasteiger partial charge in [0.25, 0.3) is 0 Å². The Kier molecular flexibility index (Phi) is 2.26. The lowest BCUT2D eigenvalue weighted by Crippen LogP contribution is -2.26. The van der Waals surface area contributed by atoms with Crippen LogP contribution in [0.15, 0.2) is 29.1 Å². The Bertz CT molecular complexity index is 483. The zero-order chi connectivity index (χ0) is 9.97. The summed E-state index contributed by atoms with van der Waals surface area (Å²) >= 11 is 0. The number of para-hydroxylation sites is 2. The number of hydrogen-bond donors (Lipinski definition) is 2. The summed E-state index contributed by atoms with van der Waals surface area (Å²) in [6, 6.07) is 7.62. The summed E-state index contributed by atoms with van der Waals surface area (Å²) in [5.41, 5.74) is 4.70. The van der Waals surface area contributed by atoms with E-state index in [1.807, 2.05) is 24.3 Å². The van der Waals surface area contributed by atoms with Gasteiger partial charge < -0.3 is 10.4 Å². The van der Waals surface area contributed by atoms with Gasteiger partial charge in [0.1, 0.15) is 0 Å². The van der Waals surface area contributed by atoms with E-state index in [1.165, 1.54) is 0 Å². The van der Waals surface area contributed by atoms with Crippen LogP contribution in [0, 0.1) is 0 Å². The molecule has 2 N–H and O–H groups in total. The van der Waals surface area contributed by atoms with Crippen molar-refractivity contribution in [3.63, 3.8) is 0 Å². The van der Waals surface area contributed by atoms with Crippen LogP contribution in [0.4, 0.5) is 0 Å². The molecule has 0 aliphatic heterocycles. The third kappa shape index (κ3) is 1.39. The lowest BCUT2D eigenvalue weighted by atomic mass is 10.3. The summed E-state index contributed by atoms with van der Waals surface area (Å²) in [7, 11) is 0. The maximum Gasteiger partial charge on any atom is 0.345 e. The largest absolute Gasteiger partial charge is 0.345 e. The van der Waals surface area contributed by atoms with E-state index in [1.54, 1.807) is 4.68 Å². The monoisotopic (exact) mass is 191 g/mol. The number of rotatable bonds is 3. The second kappa shape index (κ2) is 3.57. The van der Waals surface area contributed by atoms with Crippen molar-refractivity contribution >= 4 is 11.0 Å². The van der Waals surface area contributed by atoms with E-state index in [0.717, 1.165) is 24.0 Å². The molecule has 0 aliphatic rings. The Morgan fingerprint density at radius 2 is 2.21 bits per heavy atom. The fourth-order valence-corrected chi connectivity index (χ4v) is 1.44. The molecule has 0 bridgehead atoms. The van der Waals surface area contributed by atoms with Crippen molar-refractivity contribution in [3.8, 4) is 0 Å². The second-order valence-corrected chi connectivity index (χ2v) is 3.19. The molecule has 74 valence electrons. The molecule has 0 unspecified atom stereocenters. The molecule has 2 rings (SSSR count). The topological polar surface area (TPSA) is 49.8 Å². The number of nitrogens with one attached hydrogen (secondary N) is 2. The maximum atomic E-state index is 11.5. The minimum Gasteiger partial charge on any atom is -0.321 e. The third-order valence-electron chi connectivity index (χ3n) is 2.11. The van der Waals surface area contributed by atoms with E-state index in [9.17, 15) is 4.79 Å². The highest BCUT2D eigenvalue weighted by Crippen LogP contribution is 2.06. The molecule has 0 radical (unpaired) electrons. The van der Waals surface area contributed by atoms with Crippen molar-refractivity contribution in [2.24, 2.45) is 0 Å². The van der Waals surface area contributed by atoms with E-state index in [0.29, 0.717) is 0 Å². The molecule has 2 aromatic rings. The van der Waals surface area contributed by atoms with Gasteiger partial charge in [-0.15, -0.1) is 0 Å². The summed E-state index contributed by atoms with van der Waals surface area (Å²) in [5, 5.41) is 0. The molecule has 1 aromatic heterocycles. The Balaban J connectivity index is 2.51. The number of nitrogens with zero attached hydrogens (tertiary/aromatic N) is 1. The molecule has 0 atom stereocenters. The molecular formula is C10H13N3O. The number of aromatic amines is 1. The number of aromatic nitrogens is 2. The van der Waals surface area contributed by atoms with Crippen LogP contribution in [-0.4, -0.2) is 16.2 Å². The lowest BCUT2D eigenvalue weighted by molar-refractivity contribution is 0.799. The predicted molar refractivity (Wildman–Crippen MR) is 57.1 cm³/mol. The molecule has 14 heavy (non-hydrogen) atoms. The van der Waals surface area contributed by atoms with Crippen LogP contribution >= 0.6 is 0 Å². The molecular weight excluding hydrogens is 178 g/mol. The summed E-state index contributed by atoms with van der Waals surface area (Å²) < 4.78 is 1.55. The van der Waals surface area contributed by atoms with Gasteiger partial charge in [0.2, 0.25) is 0 Å². The second-order valence-electron chi connectivity index (χ2n) is 3.19. The maximum absolute atomic E-state index is 11.5. The SMILES string of the molecule is CCCNn1c(=O)[nH]c2ccccc21. The van der Waals surface area contributed by atoms with Gasteiger partial charge in [-0.2, -0.15) is 0 Å². The van der Waals surface area contributed by atoms with Crippen molar-refractivity contribution in [3.05, 3.63) is 34.7 Å². The van der Waals surface area contributed by atoms with Gasteiger partial charge in [-0.25, -0.2) is 9.47 Å². The van der Waals surface area contributed by atoms with Gasteiger partial charge >= 0.3 is 5.69 Å². The van der Waals surface area contributed by atoms with Gasteiger partial charge in [-0.1, -0.05) is 19.1 Å². The number of H-pyrrole nitrogens is 1. The lowest BCUT2D eigenvalue weighted by Gasteiger charge is -2.04. The molecule has 4 nitrogen and oxygen atoms in total. The van der Waals surface area contributed by atoms with Crippen LogP contribution in [0.2, 0.25) is 0 Å². The Hall–Kier alpha value is -1.71. The first-order valence-electron chi connectivity index (χ1n) is 4.76. The number of fused-ring (bicyclic) bond motifs is 1. The summed E-state index contributed by atoms with van der Waals surface area (Å²) in [4.78, 5) is 14.3. The summed E-state index contributed by atoms with van der Waals surface area (Å²) in [6.45, 7) is 2.86. The zero-order valence-corrected chi connectivity index (χ0v) is 8.08. The number of benzene rings is 1.